The van der Waals surface area contributed by atoms with Gasteiger partial charge in [-0.1, -0.05) is 12.1 Å². The third-order valence-electron chi connectivity index (χ3n) is 6.10. The molecule has 1 N–H and O–H groups in total. The summed E-state index contributed by atoms with van der Waals surface area (Å²) in [5.41, 5.74) is 3.93. The normalized spacial score (nSPS) is 14.3. The summed E-state index contributed by atoms with van der Waals surface area (Å²) >= 11 is 0. The summed E-state index contributed by atoms with van der Waals surface area (Å²) in [5.74, 6) is 0.430. The molecule has 0 spiro atoms. The van der Waals surface area contributed by atoms with Crippen molar-refractivity contribution in [2.75, 3.05) is 13.1 Å². The SMILES string of the molecule is Cc1cccn2cc(COc3cccc(C(=O)NC4CCN(C(=O)c5ccoc5)CC4)c3)nc12. The van der Waals surface area contributed by atoms with Crippen LogP contribution in [0.4, 0.5) is 0 Å². The van der Waals surface area contributed by atoms with Gasteiger partial charge in [0.1, 0.15) is 24.3 Å². The molecule has 4 heterocycles. The standard InChI is InChI=1S/C26H26N4O4/c1-18-4-3-10-30-15-22(27-24(18)30)17-34-23-6-2-5-19(14-23)25(31)28-21-7-11-29(12-8-21)26(32)20-9-13-33-16-20/h2-6,9-10,13-16,21H,7-8,11-12,17H2,1H3,(H,28,31). The van der Waals surface area contributed by atoms with Crippen LogP contribution in [0.1, 0.15) is 44.8 Å². The molecular formula is C26H26N4O4. The first-order valence-electron chi connectivity index (χ1n) is 11.4. The number of hydrogen-bond donors (Lipinski definition) is 1. The minimum Gasteiger partial charge on any atom is -0.487 e. The summed E-state index contributed by atoms with van der Waals surface area (Å²) in [6.45, 7) is 3.53. The third-order valence-corrected chi connectivity index (χ3v) is 6.10. The maximum atomic E-state index is 12.8. The molecule has 174 valence electrons. The highest BCUT2D eigenvalue weighted by atomic mass is 16.5. The van der Waals surface area contributed by atoms with Gasteiger partial charge < -0.3 is 23.8 Å². The number of carbonyl (C=O) groups is 2. The van der Waals surface area contributed by atoms with E-state index in [-0.39, 0.29) is 17.9 Å². The molecule has 1 aromatic carbocycles. The van der Waals surface area contributed by atoms with Gasteiger partial charge in [-0.15, -0.1) is 0 Å². The number of nitrogens with zero attached hydrogens (tertiary/aromatic N) is 3. The summed E-state index contributed by atoms with van der Waals surface area (Å²) in [7, 11) is 0. The van der Waals surface area contributed by atoms with Crippen LogP contribution in [0.15, 0.2) is 71.8 Å². The highest BCUT2D eigenvalue weighted by molar-refractivity contribution is 5.95. The van der Waals surface area contributed by atoms with Gasteiger partial charge in [0.05, 0.1) is 17.5 Å². The number of hydrogen-bond acceptors (Lipinski definition) is 5. The molecule has 5 rings (SSSR count). The predicted octanol–water partition coefficient (Wildman–Crippen LogP) is 3.85. The molecule has 0 atom stereocenters. The Morgan fingerprint density at radius 1 is 1.15 bits per heavy atom. The number of likely N-dealkylation sites (tertiary alicyclic amines) is 1. The van der Waals surface area contributed by atoms with Gasteiger partial charge in [-0.2, -0.15) is 0 Å². The Bertz CT molecular complexity index is 1300. The van der Waals surface area contributed by atoms with Crippen molar-refractivity contribution in [2.45, 2.75) is 32.4 Å². The Kier molecular flexibility index (Phi) is 6.03. The van der Waals surface area contributed by atoms with E-state index in [0.29, 0.717) is 49.4 Å². The molecule has 4 aromatic rings. The second kappa shape index (κ2) is 9.43. The lowest BCUT2D eigenvalue weighted by Crippen LogP contribution is -2.46. The molecule has 0 aliphatic carbocycles. The van der Waals surface area contributed by atoms with Crippen molar-refractivity contribution in [1.29, 1.82) is 0 Å². The van der Waals surface area contributed by atoms with E-state index in [9.17, 15) is 9.59 Å². The summed E-state index contributed by atoms with van der Waals surface area (Å²) in [5, 5.41) is 3.09. The van der Waals surface area contributed by atoms with E-state index in [1.165, 1.54) is 12.5 Å². The number of aryl methyl sites for hydroxylation is 1. The lowest BCUT2D eigenvalue weighted by Gasteiger charge is -2.32. The smallest absolute Gasteiger partial charge is 0.257 e. The zero-order valence-electron chi connectivity index (χ0n) is 18.9. The molecule has 0 unspecified atom stereocenters. The zero-order chi connectivity index (χ0) is 23.5. The van der Waals surface area contributed by atoms with Crippen molar-refractivity contribution in [3.8, 4) is 5.75 Å². The first-order chi connectivity index (χ1) is 16.6. The van der Waals surface area contributed by atoms with Crippen LogP contribution in [0.3, 0.4) is 0 Å². The molecule has 8 heteroatoms. The van der Waals surface area contributed by atoms with Gasteiger partial charge in [-0.05, 0) is 55.7 Å². The number of rotatable bonds is 6. The van der Waals surface area contributed by atoms with Crippen LogP contribution >= 0.6 is 0 Å². The molecule has 1 fully saturated rings. The summed E-state index contributed by atoms with van der Waals surface area (Å²) in [6, 6.07) is 12.9. The molecular weight excluding hydrogens is 432 g/mol. The van der Waals surface area contributed by atoms with Crippen molar-refractivity contribution in [2.24, 2.45) is 0 Å². The minimum absolute atomic E-state index is 0.0201. The molecule has 1 aliphatic rings. The van der Waals surface area contributed by atoms with Crippen LogP contribution < -0.4 is 10.1 Å². The van der Waals surface area contributed by atoms with Crippen LogP contribution in [0, 0.1) is 6.92 Å². The first kappa shape index (κ1) is 21.8. The summed E-state index contributed by atoms with van der Waals surface area (Å²) in [4.78, 5) is 31.7. The van der Waals surface area contributed by atoms with E-state index in [2.05, 4.69) is 10.3 Å². The molecule has 0 bridgehead atoms. The number of furan rings is 1. The average Bonchev–Trinajstić information content (AvgIpc) is 3.54. The number of carbonyl (C=O) groups excluding carboxylic acids is 2. The lowest BCUT2D eigenvalue weighted by atomic mass is 10.0. The molecule has 0 saturated carbocycles. The largest absolute Gasteiger partial charge is 0.487 e. The number of pyridine rings is 1. The number of fused-ring (bicyclic) bond motifs is 1. The fraction of sp³-hybridized carbons (Fsp3) is 0.269. The van der Waals surface area contributed by atoms with E-state index in [4.69, 9.17) is 9.15 Å². The van der Waals surface area contributed by atoms with E-state index >= 15 is 0 Å². The quantitative estimate of drug-likeness (QED) is 0.474. The van der Waals surface area contributed by atoms with E-state index in [1.807, 2.05) is 48.0 Å². The van der Waals surface area contributed by atoms with Crippen molar-refractivity contribution in [3.63, 3.8) is 0 Å². The lowest BCUT2D eigenvalue weighted by molar-refractivity contribution is 0.0697. The van der Waals surface area contributed by atoms with Gasteiger partial charge in [-0.3, -0.25) is 9.59 Å². The highest BCUT2D eigenvalue weighted by Crippen LogP contribution is 2.18. The molecule has 1 aliphatic heterocycles. The van der Waals surface area contributed by atoms with Gasteiger partial charge in [-0.25, -0.2) is 4.98 Å². The Labute approximate surface area is 197 Å². The molecule has 8 nitrogen and oxygen atoms in total. The van der Waals surface area contributed by atoms with Crippen LogP contribution in [0.2, 0.25) is 0 Å². The van der Waals surface area contributed by atoms with Crippen LogP contribution in [0.5, 0.6) is 5.75 Å². The van der Waals surface area contributed by atoms with Gasteiger partial charge in [0, 0.05) is 37.1 Å². The monoisotopic (exact) mass is 458 g/mol. The van der Waals surface area contributed by atoms with Crippen LogP contribution in [0.25, 0.3) is 5.65 Å². The van der Waals surface area contributed by atoms with E-state index < -0.39 is 0 Å². The maximum absolute atomic E-state index is 12.8. The second-order valence-electron chi connectivity index (χ2n) is 8.52. The molecule has 0 radical (unpaired) electrons. The second-order valence-corrected chi connectivity index (χ2v) is 8.52. The number of aromatic nitrogens is 2. The Morgan fingerprint density at radius 2 is 2.00 bits per heavy atom. The van der Waals surface area contributed by atoms with Gasteiger partial charge in [0.15, 0.2) is 0 Å². The van der Waals surface area contributed by atoms with Crippen molar-refractivity contribution < 1.29 is 18.7 Å². The van der Waals surface area contributed by atoms with Gasteiger partial charge in [0.2, 0.25) is 0 Å². The summed E-state index contributed by atoms with van der Waals surface area (Å²) < 4.78 is 12.9. The fourth-order valence-electron chi connectivity index (χ4n) is 4.22. The molecule has 1 saturated heterocycles. The van der Waals surface area contributed by atoms with Gasteiger partial charge in [0.25, 0.3) is 11.8 Å². The Hall–Kier alpha value is -4.07. The highest BCUT2D eigenvalue weighted by Gasteiger charge is 2.25. The number of piperidine rings is 1. The topological polar surface area (TPSA) is 89.1 Å². The Morgan fingerprint density at radius 3 is 2.76 bits per heavy atom. The molecule has 34 heavy (non-hydrogen) atoms. The minimum atomic E-state index is -0.145. The number of imidazole rings is 1. The van der Waals surface area contributed by atoms with Gasteiger partial charge >= 0.3 is 0 Å². The number of nitrogens with one attached hydrogen (secondary N) is 1. The maximum Gasteiger partial charge on any atom is 0.257 e. The van der Waals surface area contributed by atoms with Crippen molar-refractivity contribution in [3.05, 3.63) is 89.8 Å². The Balaban J connectivity index is 1.15. The fourth-order valence-corrected chi connectivity index (χ4v) is 4.22. The van der Waals surface area contributed by atoms with Crippen LogP contribution in [-0.4, -0.2) is 45.2 Å². The number of amides is 2. The molecule has 3 aromatic heterocycles. The van der Waals surface area contributed by atoms with E-state index in [0.717, 1.165) is 16.9 Å². The van der Waals surface area contributed by atoms with Crippen molar-refractivity contribution in [1.82, 2.24) is 19.6 Å². The molecule has 2 amide bonds. The first-order valence-corrected chi connectivity index (χ1v) is 11.4. The average molecular weight is 459 g/mol. The van der Waals surface area contributed by atoms with E-state index in [1.54, 1.807) is 23.1 Å². The zero-order valence-corrected chi connectivity index (χ0v) is 18.9. The van der Waals surface area contributed by atoms with Crippen LogP contribution in [-0.2, 0) is 6.61 Å². The predicted molar refractivity (Wildman–Crippen MR) is 126 cm³/mol. The third kappa shape index (κ3) is 4.66. The summed E-state index contributed by atoms with van der Waals surface area (Å²) in [6.07, 6.45) is 8.28. The number of ether oxygens (including phenoxy) is 1. The number of benzene rings is 1. The van der Waals surface area contributed by atoms with Crippen molar-refractivity contribution >= 4 is 17.5 Å².